The van der Waals surface area contributed by atoms with Gasteiger partial charge in [0.2, 0.25) is 0 Å². The highest BCUT2D eigenvalue weighted by Gasteiger charge is 2.15. The lowest BCUT2D eigenvalue weighted by molar-refractivity contribution is 0.0600. The Hall–Kier alpha value is -0.740. The van der Waals surface area contributed by atoms with Crippen LogP contribution in [0.4, 0.5) is 0 Å². The lowest BCUT2D eigenvalue weighted by Gasteiger charge is -2.05. The van der Waals surface area contributed by atoms with Gasteiger partial charge in [0, 0.05) is 8.47 Å². The number of rotatable bonds is 1. The summed E-state index contributed by atoms with van der Waals surface area (Å²) in [5.74, 6) is -0.520. The third kappa shape index (κ3) is 2.01. The summed E-state index contributed by atoms with van der Waals surface area (Å²) in [7, 11) is 1.28. The Morgan fingerprint density at radius 3 is 2.79 bits per heavy atom. The summed E-state index contributed by atoms with van der Waals surface area (Å²) in [6.45, 7) is 0. The van der Waals surface area contributed by atoms with E-state index in [1.165, 1.54) is 7.11 Å². The molecule has 0 amide bonds. The van der Waals surface area contributed by atoms with E-state index in [1.807, 2.05) is 28.7 Å². The summed E-state index contributed by atoms with van der Waals surface area (Å²) < 4.78 is 5.38. The minimum atomic E-state index is -0.520. The average Bonchev–Trinajstić information content (AvgIpc) is 2.20. The van der Waals surface area contributed by atoms with Gasteiger partial charge < -0.3 is 4.74 Å². The Balaban J connectivity index is 3.40. The predicted octanol–water partition coefficient (Wildman–Crippen LogP) is 2.24. The number of thiol groups is 1. The van der Waals surface area contributed by atoms with Gasteiger partial charge in [-0.1, -0.05) is 0 Å². The molecule has 0 aromatic heterocycles. The van der Waals surface area contributed by atoms with Crippen molar-refractivity contribution in [2.24, 2.45) is 0 Å². The molecule has 0 fully saturated rings. The van der Waals surface area contributed by atoms with Gasteiger partial charge in [-0.05, 0) is 34.7 Å². The molecule has 0 saturated heterocycles. The van der Waals surface area contributed by atoms with Crippen molar-refractivity contribution in [2.75, 3.05) is 7.11 Å². The first-order valence-corrected chi connectivity index (χ1v) is 5.14. The highest BCUT2D eigenvalue weighted by Crippen LogP contribution is 2.24. The lowest BCUT2D eigenvalue weighted by Crippen LogP contribution is -2.05. The second kappa shape index (κ2) is 4.66. The molecule has 1 rings (SSSR count). The van der Waals surface area contributed by atoms with Crippen LogP contribution in [0.5, 0.6) is 0 Å². The molecule has 0 heterocycles. The van der Waals surface area contributed by atoms with Crippen LogP contribution in [0.3, 0.4) is 0 Å². The van der Waals surface area contributed by atoms with Crippen LogP contribution in [0.15, 0.2) is 17.0 Å². The zero-order valence-electron chi connectivity index (χ0n) is 7.24. The van der Waals surface area contributed by atoms with Gasteiger partial charge in [-0.25, -0.2) is 4.79 Å². The Kier molecular flexibility index (Phi) is 3.77. The number of hydrogen-bond donors (Lipinski definition) is 1. The Bertz CT molecular complexity index is 426. The van der Waals surface area contributed by atoms with Gasteiger partial charge in [0.15, 0.2) is 0 Å². The summed E-state index contributed by atoms with van der Waals surface area (Å²) in [4.78, 5) is 11.8. The third-order valence-corrected chi connectivity index (χ3v) is 3.44. The van der Waals surface area contributed by atoms with E-state index in [-0.39, 0.29) is 11.1 Å². The van der Waals surface area contributed by atoms with Crippen molar-refractivity contribution in [1.82, 2.24) is 0 Å². The van der Waals surface area contributed by atoms with Gasteiger partial charge in [-0.3, -0.25) is 0 Å². The van der Waals surface area contributed by atoms with E-state index in [9.17, 15) is 4.79 Å². The predicted molar refractivity (Wildman–Crippen MR) is 62.5 cm³/mol. The van der Waals surface area contributed by atoms with Crippen molar-refractivity contribution in [3.05, 3.63) is 26.8 Å². The first-order valence-electron chi connectivity index (χ1n) is 3.61. The van der Waals surface area contributed by atoms with Crippen LogP contribution < -0.4 is 0 Å². The molecule has 14 heavy (non-hydrogen) atoms. The van der Waals surface area contributed by atoms with E-state index in [0.717, 1.165) is 3.57 Å². The fraction of sp³-hybridized carbons (Fsp3) is 0.111. The second-order valence-corrected chi connectivity index (χ2v) is 4.03. The van der Waals surface area contributed by atoms with Crippen molar-refractivity contribution in [1.29, 1.82) is 5.26 Å². The highest BCUT2D eigenvalue weighted by molar-refractivity contribution is 14.1. The normalized spacial score (nSPS) is 9.29. The van der Waals surface area contributed by atoms with Crippen LogP contribution in [0, 0.1) is 14.9 Å². The fourth-order valence-corrected chi connectivity index (χ4v) is 1.65. The van der Waals surface area contributed by atoms with Crippen LogP contribution >= 0.6 is 35.2 Å². The van der Waals surface area contributed by atoms with Crippen molar-refractivity contribution in [3.8, 4) is 6.07 Å². The Labute approximate surface area is 101 Å². The Morgan fingerprint density at radius 2 is 2.29 bits per heavy atom. The fourth-order valence-electron chi connectivity index (χ4n) is 0.959. The van der Waals surface area contributed by atoms with Crippen molar-refractivity contribution >= 4 is 41.2 Å². The van der Waals surface area contributed by atoms with Crippen molar-refractivity contribution in [2.45, 2.75) is 4.90 Å². The van der Waals surface area contributed by atoms with Gasteiger partial charge in [0.05, 0.1) is 18.2 Å². The minimum absolute atomic E-state index is 0.250. The smallest absolute Gasteiger partial charge is 0.339 e. The van der Waals surface area contributed by atoms with Crippen molar-refractivity contribution < 1.29 is 9.53 Å². The number of carbonyl (C=O) groups excluding carboxylic acids is 1. The van der Waals surface area contributed by atoms with Crippen LogP contribution in [0.2, 0.25) is 0 Å². The van der Waals surface area contributed by atoms with E-state index in [4.69, 9.17) is 5.26 Å². The molecule has 0 bridgehead atoms. The van der Waals surface area contributed by atoms with Gasteiger partial charge in [0.1, 0.15) is 6.07 Å². The summed E-state index contributed by atoms with van der Waals surface area (Å²) in [5, 5.41) is 8.86. The van der Waals surface area contributed by atoms with Gasteiger partial charge >= 0.3 is 5.97 Å². The lowest BCUT2D eigenvalue weighted by atomic mass is 10.1. The average molecular weight is 319 g/mol. The van der Waals surface area contributed by atoms with Gasteiger partial charge in [-0.2, -0.15) is 5.26 Å². The van der Waals surface area contributed by atoms with Crippen molar-refractivity contribution in [3.63, 3.8) is 0 Å². The summed E-state index contributed by atoms with van der Waals surface area (Å²) in [6, 6.07) is 5.22. The molecule has 0 aliphatic rings. The summed E-state index contributed by atoms with van der Waals surface area (Å²) in [5.41, 5.74) is 0.507. The number of halogens is 1. The highest BCUT2D eigenvalue weighted by atomic mass is 127. The second-order valence-electron chi connectivity index (χ2n) is 2.42. The van der Waals surface area contributed by atoms with E-state index in [1.54, 1.807) is 12.1 Å². The minimum Gasteiger partial charge on any atom is -0.465 e. The van der Waals surface area contributed by atoms with Crippen LogP contribution in [-0.2, 0) is 4.74 Å². The SMILES string of the molecule is COC(=O)c1ccc(I)c(S)c1C#N. The molecule has 0 N–H and O–H groups in total. The maximum atomic E-state index is 11.2. The molecule has 0 saturated carbocycles. The number of carbonyl (C=O) groups is 1. The molecular weight excluding hydrogens is 313 g/mol. The standard InChI is InChI=1S/C9H6INO2S/c1-13-9(12)5-2-3-7(10)8(14)6(5)4-11/h2-3,14H,1H3. The van der Waals surface area contributed by atoms with E-state index >= 15 is 0 Å². The molecule has 3 nitrogen and oxygen atoms in total. The van der Waals surface area contributed by atoms with E-state index in [0.29, 0.717) is 4.90 Å². The quantitative estimate of drug-likeness (QED) is 0.491. The van der Waals surface area contributed by atoms with Crippen LogP contribution in [0.25, 0.3) is 0 Å². The van der Waals surface area contributed by atoms with Gasteiger partial charge in [0.25, 0.3) is 0 Å². The number of nitrogens with zero attached hydrogens (tertiary/aromatic N) is 1. The number of nitriles is 1. The monoisotopic (exact) mass is 319 g/mol. The zero-order valence-corrected chi connectivity index (χ0v) is 10.3. The molecule has 5 heteroatoms. The molecule has 0 aliphatic heterocycles. The maximum absolute atomic E-state index is 11.2. The zero-order chi connectivity index (χ0) is 10.7. The summed E-state index contributed by atoms with van der Waals surface area (Å²) in [6.07, 6.45) is 0. The summed E-state index contributed by atoms with van der Waals surface area (Å²) >= 11 is 6.20. The molecule has 0 aliphatic carbocycles. The molecular formula is C9H6INO2S. The number of hydrogen-bond acceptors (Lipinski definition) is 4. The van der Waals surface area contributed by atoms with Crippen LogP contribution in [0.1, 0.15) is 15.9 Å². The number of ether oxygens (including phenoxy) is 1. The maximum Gasteiger partial charge on any atom is 0.339 e. The topological polar surface area (TPSA) is 50.1 Å². The molecule has 0 unspecified atom stereocenters. The molecule has 0 atom stereocenters. The number of methoxy groups -OCH3 is 1. The van der Waals surface area contributed by atoms with E-state index < -0.39 is 5.97 Å². The number of benzene rings is 1. The van der Waals surface area contributed by atoms with Gasteiger partial charge in [-0.15, -0.1) is 12.6 Å². The molecule has 72 valence electrons. The Morgan fingerprint density at radius 1 is 1.64 bits per heavy atom. The van der Waals surface area contributed by atoms with Crippen LogP contribution in [-0.4, -0.2) is 13.1 Å². The van der Waals surface area contributed by atoms with E-state index in [2.05, 4.69) is 17.4 Å². The first kappa shape index (κ1) is 11.3. The molecule has 1 aromatic carbocycles. The molecule has 1 aromatic rings. The molecule has 0 radical (unpaired) electrons. The first-order chi connectivity index (χ1) is 6.61. The number of esters is 1. The molecule has 0 spiro atoms. The largest absolute Gasteiger partial charge is 0.465 e. The third-order valence-electron chi connectivity index (χ3n) is 1.65.